The second kappa shape index (κ2) is 7.90. The Morgan fingerprint density at radius 1 is 1.28 bits per heavy atom. The lowest BCUT2D eigenvalue weighted by Crippen LogP contribution is -2.36. The van der Waals surface area contributed by atoms with Gasteiger partial charge < -0.3 is 9.42 Å². The molecule has 1 amide bonds. The molecule has 2 aromatic heterocycles. The van der Waals surface area contributed by atoms with Crippen LogP contribution >= 0.6 is 23.7 Å². The number of carbonyl (C=O) groups is 1. The number of benzene rings is 1. The van der Waals surface area contributed by atoms with Gasteiger partial charge in [0, 0.05) is 19.2 Å². The molecule has 0 aliphatic rings. The molecule has 1 aromatic carbocycles. The molecule has 0 aliphatic heterocycles. The molecule has 0 atom stereocenters. The highest BCUT2D eigenvalue weighted by Crippen LogP contribution is 2.30. The monoisotopic (exact) mass is 384 g/mol. The summed E-state index contributed by atoms with van der Waals surface area (Å²) in [4.78, 5) is 20.8. The van der Waals surface area contributed by atoms with Crippen LogP contribution in [0.5, 0.6) is 0 Å². The van der Waals surface area contributed by atoms with E-state index < -0.39 is 0 Å². The Morgan fingerprint density at radius 3 is 2.68 bits per heavy atom. The molecule has 9 heteroatoms. The number of hydrogen-bond acceptors (Lipinski definition) is 6. The molecule has 3 rings (SSSR count). The summed E-state index contributed by atoms with van der Waals surface area (Å²) in [5.74, 6) is -0.0403. The lowest BCUT2D eigenvalue weighted by atomic mass is 10.3. The fourth-order valence-corrected chi connectivity index (χ4v) is 3.21. The number of nitrogens with zero attached hydrogens (tertiary/aromatic N) is 4. The van der Waals surface area contributed by atoms with Crippen LogP contribution in [0.15, 0.2) is 28.8 Å². The summed E-state index contributed by atoms with van der Waals surface area (Å²) in [6.45, 7) is 2.83. The summed E-state index contributed by atoms with van der Waals surface area (Å²) < 4.78 is 19.1. The first-order valence-electron chi connectivity index (χ1n) is 7.40. The molecule has 0 saturated heterocycles. The highest BCUT2D eigenvalue weighted by molar-refractivity contribution is 7.22. The van der Waals surface area contributed by atoms with Gasteiger partial charge in [0.25, 0.3) is 5.91 Å². The third-order valence-corrected chi connectivity index (χ3v) is 4.47. The third-order valence-electron chi connectivity index (χ3n) is 3.43. The van der Waals surface area contributed by atoms with Crippen molar-refractivity contribution >= 4 is 45.0 Å². The number of hydrogen-bond donors (Lipinski definition) is 0. The van der Waals surface area contributed by atoms with E-state index in [4.69, 9.17) is 4.52 Å². The van der Waals surface area contributed by atoms with Crippen molar-refractivity contribution in [3.8, 4) is 0 Å². The van der Waals surface area contributed by atoms with Crippen LogP contribution < -0.4 is 4.90 Å². The molecule has 3 aromatic rings. The number of likely N-dealkylation sites (N-methyl/N-ethyl adjacent to an activating group) is 1. The van der Waals surface area contributed by atoms with Gasteiger partial charge >= 0.3 is 0 Å². The van der Waals surface area contributed by atoms with Crippen LogP contribution in [0.3, 0.4) is 0 Å². The zero-order valence-electron chi connectivity index (χ0n) is 14.0. The number of halogens is 2. The quantitative estimate of drug-likeness (QED) is 0.675. The molecule has 0 bridgehead atoms. The standard InChI is InChI=1S/C16H17FN4O2S.ClH/c1-10-8-13(19-23-10)15(22)21(7-6-20(2)3)16-18-12-5-4-11(17)9-14(12)24-16;/h4-5,8-9H,6-7H2,1-3H3;1H. The van der Waals surface area contributed by atoms with Crippen molar-refractivity contribution in [3.05, 3.63) is 41.5 Å². The number of anilines is 1. The Bertz CT molecular complexity index is 880. The van der Waals surface area contributed by atoms with Gasteiger partial charge in [-0.1, -0.05) is 16.5 Å². The number of carbonyl (C=O) groups excluding carboxylic acids is 1. The first-order valence-corrected chi connectivity index (χ1v) is 8.21. The zero-order chi connectivity index (χ0) is 17.3. The van der Waals surface area contributed by atoms with Gasteiger partial charge in [0.15, 0.2) is 10.8 Å². The lowest BCUT2D eigenvalue weighted by molar-refractivity contribution is 0.0976. The van der Waals surface area contributed by atoms with Crippen LogP contribution in [0.1, 0.15) is 16.2 Å². The Morgan fingerprint density at radius 2 is 2.04 bits per heavy atom. The average molecular weight is 385 g/mol. The minimum absolute atomic E-state index is 0. The van der Waals surface area contributed by atoms with Crippen molar-refractivity contribution in [2.75, 3.05) is 32.1 Å². The van der Waals surface area contributed by atoms with Gasteiger partial charge in [-0.15, -0.1) is 12.4 Å². The summed E-state index contributed by atoms with van der Waals surface area (Å²) in [5, 5.41) is 4.31. The molecule has 0 unspecified atom stereocenters. The van der Waals surface area contributed by atoms with E-state index in [1.54, 1.807) is 24.0 Å². The number of rotatable bonds is 5. The number of amides is 1. The van der Waals surface area contributed by atoms with Crippen LogP contribution in [0.2, 0.25) is 0 Å². The Kier molecular flexibility index (Phi) is 6.10. The van der Waals surface area contributed by atoms with E-state index >= 15 is 0 Å². The average Bonchev–Trinajstić information content (AvgIpc) is 3.12. The molecule has 2 heterocycles. The van der Waals surface area contributed by atoms with Crippen molar-refractivity contribution in [2.24, 2.45) is 0 Å². The molecule has 0 radical (unpaired) electrons. The van der Waals surface area contributed by atoms with Crippen LogP contribution in [0.4, 0.5) is 9.52 Å². The molecule has 0 saturated carbocycles. The maximum absolute atomic E-state index is 13.4. The molecule has 6 nitrogen and oxygen atoms in total. The molecule has 25 heavy (non-hydrogen) atoms. The van der Waals surface area contributed by atoms with E-state index in [-0.39, 0.29) is 29.8 Å². The summed E-state index contributed by atoms with van der Waals surface area (Å²) in [7, 11) is 3.85. The number of aromatic nitrogens is 2. The number of fused-ring (bicyclic) bond motifs is 1. The minimum atomic E-state index is -0.323. The smallest absolute Gasteiger partial charge is 0.282 e. The van der Waals surface area contributed by atoms with Crippen LogP contribution in [0, 0.1) is 12.7 Å². The van der Waals surface area contributed by atoms with E-state index in [9.17, 15) is 9.18 Å². The van der Waals surface area contributed by atoms with Crippen molar-refractivity contribution in [2.45, 2.75) is 6.92 Å². The fourth-order valence-electron chi connectivity index (χ4n) is 2.19. The predicted molar refractivity (Wildman–Crippen MR) is 98.3 cm³/mol. The largest absolute Gasteiger partial charge is 0.361 e. The zero-order valence-corrected chi connectivity index (χ0v) is 15.7. The lowest BCUT2D eigenvalue weighted by Gasteiger charge is -2.20. The molecule has 0 fully saturated rings. The van der Waals surface area contributed by atoms with Gasteiger partial charge in [0.1, 0.15) is 11.6 Å². The van der Waals surface area contributed by atoms with Crippen molar-refractivity contribution in [1.29, 1.82) is 0 Å². The van der Waals surface area contributed by atoms with E-state index in [0.717, 1.165) is 0 Å². The summed E-state index contributed by atoms with van der Waals surface area (Å²) >= 11 is 1.28. The highest BCUT2D eigenvalue weighted by atomic mass is 35.5. The number of thiazole rings is 1. The predicted octanol–water partition coefficient (Wildman–Crippen LogP) is 3.36. The molecule has 134 valence electrons. The molecule has 0 N–H and O–H groups in total. The van der Waals surface area contributed by atoms with Crippen LogP contribution in [-0.4, -0.2) is 48.1 Å². The summed E-state index contributed by atoms with van der Waals surface area (Å²) in [5.41, 5.74) is 0.895. The summed E-state index contributed by atoms with van der Waals surface area (Å²) in [6.07, 6.45) is 0. The first-order chi connectivity index (χ1) is 11.4. The van der Waals surface area contributed by atoms with E-state index in [2.05, 4.69) is 10.1 Å². The fraction of sp³-hybridized carbons (Fsp3) is 0.312. The van der Waals surface area contributed by atoms with Gasteiger partial charge in [-0.25, -0.2) is 9.37 Å². The molecular formula is C16H18ClFN4O2S. The molecule has 0 spiro atoms. The Balaban J connectivity index is 0.00000225. The maximum atomic E-state index is 13.4. The normalized spacial score (nSPS) is 10.9. The SMILES string of the molecule is Cc1cc(C(=O)N(CCN(C)C)c2nc3ccc(F)cc3s2)no1.Cl. The second-order valence-electron chi connectivity index (χ2n) is 5.69. The van der Waals surface area contributed by atoms with Crippen LogP contribution in [0.25, 0.3) is 10.2 Å². The molecular weight excluding hydrogens is 367 g/mol. The molecule has 0 aliphatic carbocycles. The second-order valence-corrected chi connectivity index (χ2v) is 6.70. The van der Waals surface area contributed by atoms with Crippen molar-refractivity contribution in [3.63, 3.8) is 0 Å². The topological polar surface area (TPSA) is 62.5 Å². The summed E-state index contributed by atoms with van der Waals surface area (Å²) in [6, 6.07) is 5.99. The highest BCUT2D eigenvalue weighted by Gasteiger charge is 2.24. The third kappa shape index (κ3) is 4.33. The first kappa shape index (κ1) is 19.3. The van der Waals surface area contributed by atoms with Gasteiger partial charge in [-0.3, -0.25) is 9.69 Å². The van der Waals surface area contributed by atoms with E-state index in [0.29, 0.717) is 34.2 Å². The Hall–Kier alpha value is -2.03. The van der Waals surface area contributed by atoms with Gasteiger partial charge in [0.2, 0.25) is 0 Å². The Labute approximate surface area is 154 Å². The van der Waals surface area contributed by atoms with E-state index in [1.165, 1.54) is 23.5 Å². The van der Waals surface area contributed by atoms with Crippen molar-refractivity contribution < 1.29 is 13.7 Å². The van der Waals surface area contributed by atoms with Crippen LogP contribution in [-0.2, 0) is 0 Å². The minimum Gasteiger partial charge on any atom is -0.361 e. The van der Waals surface area contributed by atoms with E-state index in [1.807, 2.05) is 19.0 Å². The van der Waals surface area contributed by atoms with Gasteiger partial charge in [-0.05, 0) is 39.2 Å². The number of aryl methyl sites for hydroxylation is 1. The van der Waals surface area contributed by atoms with Crippen molar-refractivity contribution in [1.82, 2.24) is 15.0 Å². The van der Waals surface area contributed by atoms with Gasteiger partial charge in [-0.2, -0.15) is 0 Å². The van der Waals surface area contributed by atoms with Gasteiger partial charge in [0.05, 0.1) is 10.2 Å². The maximum Gasteiger partial charge on any atom is 0.282 e.